The quantitative estimate of drug-likeness (QED) is 0.434. The second-order valence-corrected chi connectivity index (χ2v) is 1.79. The summed E-state index contributed by atoms with van der Waals surface area (Å²) < 4.78 is 0. The van der Waals surface area contributed by atoms with Gasteiger partial charge in [0.1, 0.15) is 0 Å². The van der Waals surface area contributed by atoms with Crippen LogP contribution in [0.3, 0.4) is 0 Å². The maximum atomic E-state index is 10.3. The monoisotopic (exact) mass is 387 g/mol. The fraction of sp³-hybridized carbons (Fsp3) is 0. The minimum Gasteiger partial charge on any atom is -0.476 e. The third kappa shape index (κ3) is 2.94. The van der Waals surface area contributed by atoms with Crippen molar-refractivity contribution < 1.29 is 69.8 Å². The van der Waals surface area contributed by atoms with E-state index in [1.54, 1.807) is 0 Å². The first-order valence-corrected chi connectivity index (χ1v) is 2.65. The fourth-order valence-electron chi connectivity index (χ4n) is 0.605. The van der Waals surface area contributed by atoms with E-state index in [-0.39, 0.29) is 49.6 Å². The number of carbonyl (C=O) groups is 2. The van der Waals surface area contributed by atoms with Crippen molar-refractivity contribution in [3.05, 3.63) is 11.4 Å². The second kappa shape index (κ2) is 5.96. The Labute approximate surface area is 108 Å². The van der Waals surface area contributed by atoms with Crippen LogP contribution in [0.25, 0.3) is 0 Å². The summed E-state index contributed by atoms with van der Waals surface area (Å²) in [7, 11) is 0. The Morgan fingerprint density at radius 3 is 1.93 bits per heavy atom. The molecule has 1 aromatic rings. The van der Waals surface area contributed by atoms with E-state index < -0.39 is 23.3 Å². The van der Waals surface area contributed by atoms with Crippen molar-refractivity contribution in [2.24, 2.45) is 0 Å². The molecule has 1 rings (SSSR count). The zero-order chi connectivity index (χ0) is 9.30. The van der Waals surface area contributed by atoms with E-state index >= 15 is 0 Å². The van der Waals surface area contributed by atoms with E-state index in [0.29, 0.717) is 0 Å². The largest absolute Gasteiger partial charge is 0.476 e. The molecule has 0 unspecified atom stereocenters. The number of hydrogen-bond donors (Lipinski definition) is 3. The average molecular weight is 389 g/mol. The first-order valence-electron chi connectivity index (χ1n) is 2.65. The molecular weight excluding hydrogens is 386 g/mol. The fourth-order valence-corrected chi connectivity index (χ4v) is 0.605. The standard InChI is InChI=1S/C4H3N3O5.2Ag/c8-3(9)1-2(4(10)11)7(12)6-5-1;;/h12H,(H,8,9)(H,10,11);;. The van der Waals surface area contributed by atoms with Crippen LogP contribution in [0.2, 0.25) is 0 Å². The van der Waals surface area contributed by atoms with Gasteiger partial charge in [0.15, 0.2) is 0 Å². The Morgan fingerprint density at radius 1 is 1.14 bits per heavy atom. The van der Waals surface area contributed by atoms with E-state index in [0.717, 1.165) is 0 Å². The molecule has 0 saturated carbocycles. The van der Waals surface area contributed by atoms with E-state index in [9.17, 15) is 9.59 Å². The molecule has 0 spiro atoms. The molecule has 0 aliphatic rings. The van der Waals surface area contributed by atoms with Crippen LogP contribution in [-0.4, -0.2) is 42.5 Å². The van der Waals surface area contributed by atoms with Gasteiger partial charge < -0.3 is 15.4 Å². The van der Waals surface area contributed by atoms with Crippen LogP contribution in [0.15, 0.2) is 0 Å². The van der Waals surface area contributed by atoms with Gasteiger partial charge in [-0.2, -0.15) is 0 Å². The molecule has 1 heterocycles. The Balaban J connectivity index is 0. The molecular formula is C4H3Ag2N3O5. The van der Waals surface area contributed by atoms with Gasteiger partial charge in [-0.05, 0) is 5.21 Å². The molecule has 2 radical (unpaired) electrons. The van der Waals surface area contributed by atoms with Crippen LogP contribution in [-0.2, 0) is 44.8 Å². The molecule has 0 saturated heterocycles. The summed E-state index contributed by atoms with van der Waals surface area (Å²) in [4.78, 5) is 20.4. The first kappa shape index (κ1) is 15.8. The summed E-state index contributed by atoms with van der Waals surface area (Å²) in [6, 6.07) is 0. The Hall–Kier alpha value is -0.639. The van der Waals surface area contributed by atoms with Crippen LogP contribution in [0.5, 0.6) is 0 Å². The molecule has 1 aromatic heterocycles. The minimum atomic E-state index is -1.61. The van der Waals surface area contributed by atoms with Crippen LogP contribution < -0.4 is 0 Å². The second-order valence-electron chi connectivity index (χ2n) is 1.79. The van der Waals surface area contributed by atoms with Crippen LogP contribution in [0.1, 0.15) is 21.0 Å². The van der Waals surface area contributed by atoms with Gasteiger partial charge in [0, 0.05) is 44.8 Å². The predicted molar refractivity (Wildman–Crippen MR) is 31.1 cm³/mol. The minimum absolute atomic E-state index is 0. The molecule has 0 aliphatic heterocycles. The maximum absolute atomic E-state index is 10.3. The summed E-state index contributed by atoms with van der Waals surface area (Å²) in [6.07, 6.45) is 0. The zero-order valence-corrected chi connectivity index (χ0v) is 9.07. The third-order valence-electron chi connectivity index (χ3n) is 1.06. The van der Waals surface area contributed by atoms with Gasteiger partial charge in [-0.3, -0.25) is 0 Å². The van der Waals surface area contributed by atoms with Crippen LogP contribution >= 0.6 is 0 Å². The Kier molecular flexibility index (Phi) is 6.73. The van der Waals surface area contributed by atoms with Crippen molar-refractivity contribution in [1.82, 2.24) is 15.2 Å². The maximum Gasteiger partial charge on any atom is 0.360 e. The van der Waals surface area contributed by atoms with Gasteiger partial charge in [-0.25, -0.2) is 9.59 Å². The molecule has 0 bridgehead atoms. The molecule has 14 heavy (non-hydrogen) atoms. The van der Waals surface area contributed by atoms with E-state index in [1.807, 2.05) is 0 Å². The average Bonchev–Trinajstić information content (AvgIpc) is 2.30. The number of carboxylic acids is 2. The number of rotatable bonds is 2. The van der Waals surface area contributed by atoms with Crippen molar-refractivity contribution in [1.29, 1.82) is 0 Å². The van der Waals surface area contributed by atoms with Gasteiger partial charge >= 0.3 is 11.9 Å². The topological polar surface area (TPSA) is 126 Å². The molecule has 8 nitrogen and oxygen atoms in total. The van der Waals surface area contributed by atoms with E-state index in [2.05, 4.69) is 10.3 Å². The van der Waals surface area contributed by atoms with Crippen LogP contribution in [0.4, 0.5) is 0 Å². The molecule has 86 valence electrons. The van der Waals surface area contributed by atoms with Gasteiger partial charge in [0.05, 0.1) is 0 Å². The smallest absolute Gasteiger partial charge is 0.360 e. The molecule has 3 N–H and O–H groups in total. The number of aromatic nitrogens is 3. The van der Waals surface area contributed by atoms with Crippen molar-refractivity contribution in [2.45, 2.75) is 0 Å². The molecule has 0 atom stereocenters. The molecule has 0 fully saturated rings. The van der Waals surface area contributed by atoms with E-state index in [1.165, 1.54) is 0 Å². The molecule has 10 heteroatoms. The van der Waals surface area contributed by atoms with Crippen molar-refractivity contribution in [2.75, 3.05) is 0 Å². The molecule has 0 amide bonds. The summed E-state index contributed by atoms with van der Waals surface area (Å²) in [5.41, 5.74) is -1.67. The van der Waals surface area contributed by atoms with Gasteiger partial charge in [-0.1, -0.05) is 4.85 Å². The van der Waals surface area contributed by atoms with Crippen molar-refractivity contribution >= 4 is 11.9 Å². The molecule has 0 aliphatic carbocycles. The van der Waals surface area contributed by atoms with Gasteiger partial charge in [0.2, 0.25) is 11.4 Å². The zero-order valence-electron chi connectivity index (χ0n) is 6.10. The summed E-state index contributed by atoms with van der Waals surface area (Å²) in [5, 5.41) is 31.1. The van der Waals surface area contributed by atoms with Crippen LogP contribution in [0, 0.1) is 0 Å². The number of aromatic carboxylic acids is 2. The Morgan fingerprint density at radius 2 is 1.64 bits per heavy atom. The number of nitrogens with zero attached hydrogens (tertiary/aromatic N) is 3. The van der Waals surface area contributed by atoms with Crippen molar-refractivity contribution in [3.8, 4) is 0 Å². The molecule has 0 aromatic carbocycles. The van der Waals surface area contributed by atoms with E-state index in [4.69, 9.17) is 15.4 Å². The van der Waals surface area contributed by atoms with Gasteiger partial charge in [0.25, 0.3) is 0 Å². The van der Waals surface area contributed by atoms with Crippen molar-refractivity contribution in [3.63, 3.8) is 0 Å². The summed E-state index contributed by atoms with van der Waals surface area (Å²) >= 11 is 0. The third-order valence-corrected chi connectivity index (χ3v) is 1.06. The predicted octanol–water partition coefficient (Wildman–Crippen LogP) is -1.09. The number of hydrogen-bond acceptors (Lipinski definition) is 5. The SMILES string of the molecule is O=C(O)c1nnn(O)c1C(=O)O.[Ag].[Ag]. The normalized spacial score (nSPS) is 8.29. The first-order chi connectivity index (χ1) is 5.54. The summed E-state index contributed by atoms with van der Waals surface area (Å²) in [6.45, 7) is 0. The van der Waals surface area contributed by atoms with Gasteiger partial charge in [-0.15, -0.1) is 5.10 Å². The summed E-state index contributed by atoms with van der Waals surface area (Å²) in [5.74, 6) is -3.17. The Bertz CT molecular complexity index is 351. The number of carboxylic acid groups (broad SMARTS) is 2.